The van der Waals surface area contributed by atoms with Crippen LogP contribution in [0.1, 0.15) is 37.9 Å². The third kappa shape index (κ3) is 7.02. The number of methoxy groups -OCH3 is 1. The zero-order chi connectivity index (χ0) is 23.8. The number of nitrogens with one attached hydrogen (secondary N) is 1. The Bertz CT molecular complexity index is 1000. The van der Waals surface area contributed by atoms with E-state index in [9.17, 15) is 13.2 Å². The Balaban J connectivity index is 1.88. The number of rotatable bonds is 11. The summed E-state index contributed by atoms with van der Waals surface area (Å²) in [6, 6.07) is 8.78. The molecule has 0 saturated carbocycles. The second-order valence-electron chi connectivity index (χ2n) is 8.54. The highest BCUT2D eigenvalue weighted by Crippen LogP contribution is 2.20. The van der Waals surface area contributed by atoms with Gasteiger partial charge in [0.25, 0.3) is 0 Å². The number of carbonyl (C=O) groups is 1. The lowest BCUT2D eigenvalue weighted by atomic mass is 10.2. The van der Waals surface area contributed by atoms with Crippen LogP contribution in [0.4, 0.5) is 4.79 Å². The van der Waals surface area contributed by atoms with E-state index in [1.807, 2.05) is 32.0 Å². The Hall–Kier alpha value is -2.43. The van der Waals surface area contributed by atoms with Crippen molar-refractivity contribution in [3.63, 3.8) is 0 Å². The SMILES string of the molecule is COCCn1c(CN(CC2CCCO2)C(=O)NC(C)C)cnc1S(=O)(=O)Cc1ccccc1. The second-order valence-corrected chi connectivity index (χ2v) is 10.4. The number of nitrogens with zero attached hydrogens (tertiary/aromatic N) is 3. The molecule has 9 nitrogen and oxygen atoms in total. The molecule has 0 radical (unpaired) electrons. The predicted octanol–water partition coefficient (Wildman–Crippen LogP) is 2.60. The molecule has 2 heterocycles. The Morgan fingerprint density at radius 2 is 2.09 bits per heavy atom. The summed E-state index contributed by atoms with van der Waals surface area (Å²) in [6.07, 6.45) is 3.38. The number of sulfone groups is 1. The molecular formula is C23H34N4O5S. The monoisotopic (exact) mass is 478 g/mol. The Morgan fingerprint density at radius 3 is 2.73 bits per heavy atom. The molecule has 2 amide bonds. The number of ether oxygens (including phenoxy) is 2. The Labute approximate surface area is 196 Å². The van der Waals surface area contributed by atoms with E-state index in [1.165, 1.54) is 0 Å². The van der Waals surface area contributed by atoms with E-state index in [4.69, 9.17) is 9.47 Å². The second kappa shape index (κ2) is 11.6. The molecule has 1 saturated heterocycles. The summed E-state index contributed by atoms with van der Waals surface area (Å²) in [5, 5.41) is 2.91. The van der Waals surface area contributed by atoms with Crippen molar-refractivity contribution in [1.82, 2.24) is 19.8 Å². The molecular weight excluding hydrogens is 444 g/mol. The molecule has 2 aromatic rings. The normalized spacial score (nSPS) is 16.3. The molecule has 1 aromatic heterocycles. The first-order valence-corrected chi connectivity index (χ1v) is 12.9. The maximum atomic E-state index is 13.2. The number of hydrogen-bond acceptors (Lipinski definition) is 6. The highest BCUT2D eigenvalue weighted by Gasteiger charge is 2.27. The van der Waals surface area contributed by atoms with Crippen LogP contribution in [0, 0.1) is 0 Å². The Morgan fingerprint density at radius 1 is 1.33 bits per heavy atom. The van der Waals surface area contributed by atoms with Crippen LogP contribution < -0.4 is 5.32 Å². The van der Waals surface area contributed by atoms with E-state index in [-0.39, 0.29) is 35.6 Å². The molecule has 33 heavy (non-hydrogen) atoms. The van der Waals surface area contributed by atoms with Crippen molar-refractivity contribution < 1.29 is 22.7 Å². The summed E-state index contributed by atoms with van der Waals surface area (Å²) in [5.41, 5.74) is 1.33. The third-order valence-corrected chi connectivity index (χ3v) is 6.99. The van der Waals surface area contributed by atoms with E-state index < -0.39 is 9.84 Å². The number of benzene rings is 1. The summed E-state index contributed by atoms with van der Waals surface area (Å²) in [4.78, 5) is 18.8. The Kier molecular flexibility index (Phi) is 8.87. The molecule has 1 atom stereocenters. The molecule has 1 fully saturated rings. The van der Waals surface area contributed by atoms with Crippen molar-refractivity contribution in [2.75, 3.05) is 26.9 Å². The van der Waals surface area contributed by atoms with Gasteiger partial charge in [-0.3, -0.25) is 0 Å². The molecule has 1 aromatic carbocycles. The number of imidazole rings is 1. The van der Waals surface area contributed by atoms with Crippen molar-refractivity contribution in [1.29, 1.82) is 0 Å². The van der Waals surface area contributed by atoms with Crippen LogP contribution in [0.25, 0.3) is 0 Å². The van der Waals surface area contributed by atoms with Crippen molar-refractivity contribution in [2.45, 2.75) is 62.8 Å². The van der Waals surface area contributed by atoms with Gasteiger partial charge in [-0.1, -0.05) is 30.3 Å². The van der Waals surface area contributed by atoms with Gasteiger partial charge in [-0.15, -0.1) is 0 Å². The maximum absolute atomic E-state index is 13.2. The highest BCUT2D eigenvalue weighted by atomic mass is 32.2. The van der Waals surface area contributed by atoms with Gasteiger partial charge in [0.15, 0.2) is 0 Å². The van der Waals surface area contributed by atoms with Gasteiger partial charge in [-0.2, -0.15) is 0 Å². The van der Waals surface area contributed by atoms with Crippen LogP contribution in [-0.4, -0.2) is 67.9 Å². The fourth-order valence-electron chi connectivity index (χ4n) is 3.83. The summed E-state index contributed by atoms with van der Waals surface area (Å²) >= 11 is 0. The predicted molar refractivity (Wildman–Crippen MR) is 124 cm³/mol. The largest absolute Gasteiger partial charge is 0.383 e. The summed E-state index contributed by atoms with van der Waals surface area (Å²) in [6.45, 7) is 5.78. The molecule has 1 N–H and O–H groups in total. The van der Waals surface area contributed by atoms with Crippen LogP contribution >= 0.6 is 0 Å². The first kappa shape index (κ1) is 25.2. The van der Waals surface area contributed by atoms with Crippen LogP contribution in [0.5, 0.6) is 0 Å². The number of amides is 2. The molecule has 0 aliphatic carbocycles. The van der Waals surface area contributed by atoms with Gasteiger partial charge in [0, 0.05) is 32.8 Å². The lowest BCUT2D eigenvalue weighted by molar-refractivity contribution is 0.0782. The minimum atomic E-state index is -3.70. The molecule has 1 unspecified atom stereocenters. The lowest BCUT2D eigenvalue weighted by Crippen LogP contribution is -2.45. The minimum Gasteiger partial charge on any atom is -0.383 e. The molecule has 3 rings (SSSR count). The van der Waals surface area contributed by atoms with Crippen LogP contribution in [0.3, 0.4) is 0 Å². The van der Waals surface area contributed by atoms with Crippen molar-refractivity contribution >= 4 is 15.9 Å². The molecule has 182 valence electrons. The topological polar surface area (TPSA) is 103 Å². The molecule has 1 aliphatic rings. The van der Waals surface area contributed by atoms with Gasteiger partial charge in [-0.25, -0.2) is 18.2 Å². The summed E-state index contributed by atoms with van der Waals surface area (Å²) in [7, 11) is -2.13. The summed E-state index contributed by atoms with van der Waals surface area (Å²) < 4.78 is 39.0. The number of aromatic nitrogens is 2. The fraction of sp³-hybridized carbons (Fsp3) is 0.565. The van der Waals surface area contributed by atoms with Crippen LogP contribution in [0.2, 0.25) is 0 Å². The molecule has 0 bridgehead atoms. The van der Waals surface area contributed by atoms with Gasteiger partial charge in [0.05, 0.1) is 36.9 Å². The minimum absolute atomic E-state index is 0.0141. The van der Waals surface area contributed by atoms with E-state index in [0.717, 1.165) is 12.8 Å². The first-order valence-electron chi connectivity index (χ1n) is 11.3. The standard InChI is InChI=1S/C23H34N4O5S/c1-18(2)25-22(28)26(16-21-10-7-12-32-21)15-20-14-24-23(27(20)11-13-31-3)33(29,30)17-19-8-5-4-6-9-19/h4-6,8-9,14,18,21H,7,10-13,15-17H2,1-3H3,(H,25,28). The van der Waals surface area contributed by atoms with Crippen LogP contribution in [0.15, 0.2) is 41.7 Å². The maximum Gasteiger partial charge on any atom is 0.318 e. The lowest BCUT2D eigenvalue weighted by Gasteiger charge is -2.27. The molecule has 0 spiro atoms. The van der Waals surface area contributed by atoms with Crippen molar-refractivity contribution in [3.8, 4) is 0 Å². The van der Waals surface area contributed by atoms with Gasteiger partial charge >= 0.3 is 6.03 Å². The van der Waals surface area contributed by atoms with Gasteiger partial charge in [0.1, 0.15) is 0 Å². The zero-order valence-electron chi connectivity index (χ0n) is 19.6. The average molecular weight is 479 g/mol. The third-order valence-electron chi connectivity index (χ3n) is 5.40. The smallest absolute Gasteiger partial charge is 0.318 e. The number of carbonyl (C=O) groups excluding carboxylic acids is 1. The number of urea groups is 1. The van der Waals surface area contributed by atoms with Crippen molar-refractivity contribution in [2.24, 2.45) is 0 Å². The van der Waals surface area contributed by atoms with Gasteiger partial charge < -0.3 is 24.3 Å². The fourth-order valence-corrected chi connectivity index (χ4v) is 5.35. The first-order chi connectivity index (χ1) is 15.8. The zero-order valence-corrected chi connectivity index (χ0v) is 20.4. The van der Waals surface area contributed by atoms with Gasteiger partial charge in [-0.05, 0) is 32.3 Å². The molecule has 1 aliphatic heterocycles. The van der Waals surface area contributed by atoms with E-state index >= 15 is 0 Å². The van der Waals surface area contributed by atoms with Crippen molar-refractivity contribution in [3.05, 3.63) is 47.8 Å². The summed E-state index contributed by atoms with van der Waals surface area (Å²) in [5.74, 6) is -0.148. The van der Waals surface area contributed by atoms with E-state index in [1.54, 1.807) is 34.9 Å². The van der Waals surface area contributed by atoms with Gasteiger partial charge in [0.2, 0.25) is 15.0 Å². The molecule has 10 heteroatoms. The highest BCUT2D eigenvalue weighted by molar-refractivity contribution is 7.90. The van der Waals surface area contributed by atoms with E-state index in [2.05, 4.69) is 10.3 Å². The number of hydrogen-bond donors (Lipinski definition) is 1. The quantitative estimate of drug-likeness (QED) is 0.533. The average Bonchev–Trinajstić information content (AvgIpc) is 3.42. The van der Waals surface area contributed by atoms with E-state index in [0.29, 0.717) is 37.6 Å². The van der Waals surface area contributed by atoms with Crippen LogP contribution in [-0.2, 0) is 38.2 Å².